The zero-order valence-electron chi connectivity index (χ0n) is 11.9. The predicted octanol–water partition coefficient (Wildman–Crippen LogP) is 4.32. The number of hydrogen-bond acceptors (Lipinski definition) is 3. The van der Waals surface area contributed by atoms with E-state index in [9.17, 15) is 0 Å². The number of aliphatic hydroxyl groups is 1. The highest BCUT2D eigenvalue weighted by atomic mass is 32.1. The summed E-state index contributed by atoms with van der Waals surface area (Å²) in [7, 11) is 0. The second-order valence-electron chi connectivity index (χ2n) is 4.94. The molecule has 106 valence electrons. The third-order valence-electron chi connectivity index (χ3n) is 3.48. The highest BCUT2D eigenvalue weighted by Crippen LogP contribution is 2.29. The van der Waals surface area contributed by atoms with E-state index in [0.717, 1.165) is 16.3 Å². The van der Waals surface area contributed by atoms with Crippen LogP contribution in [-0.4, -0.2) is 16.7 Å². The van der Waals surface area contributed by atoms with Crippen molar-refractivity contribution in [1.82, 2.24) is 4.98 Å². The lowest BCUT2D eigenvalue weighted by Gasteiger charge is -2.02. The van der Waals surface area contributed by atoms with E-state index in [0.29, 0.717) is 6.42 Å². The van der Waals surface area contributed by atoms with Crippen molar-refractivity contribution in [2.24, 2.45) is 0 Å². The van der Waals surface area contributed by atoms with Crippen LogP contribution in [0.3, 0.4) is 0 Å². The number of aryl methyl sites for hydroxylation is 1. The van der Waals surface area contributed by atoms with Gasteiger partial charge in [0.15, 0.2) is 0 Å². The Labute approximate surface area is 128 Å². The van der Waals surface area contributed by atoms with Crippen molar-refractivity contribution < 1.29 is 5.11 Å². The minimum Gasteiger partial charge on any atom is -0.396 e. The number of nitrogens with zero attached hydrogens (tertiary/aromatic N) is 1. The molecular formula is C18H17NOS. The van der Waals surface area contributed by atoms with Crippen LogP contribution in [0.25, 0.3) is 21.7 Å². The van der Waals surface area contributed by atoms with Crippen LogP contribution in [0, 0.1) is 6.92 Å². The van der Waals surface area contributed by atoms with Gasteiger partial charge in [-0.3, -0.25) is 0 Å². The van der Waals surface area contributed by atoms with E-state index in [1.54, 1.807) is 11.3 Å². The summed E-state index contributed by atoms with van der Waals surface area (Å²) in [6.45, 7) is 2.21. The molecule has 21 heavy (non-hydrogen) atoms. The van der Waals surface area contributed by atoms with E-state index in [1.807, 2.05) is 6.07 Å². The Morgan fingerprint density at radius 1 is 0.905 bits per heavy atom. The van der Waals surface area contributed by atoms with Gasteiger partial charge in [0.1, 0.15) is 5.01 Å². The molecule has 0 atom stereocenters. The Morgan fingerprint density at radius 2 is 1.52 bits per heavy atom. The van der Waals surface area contributed by atoms with Crippen LogP contribution in [0.5, 0.6) is 0 Å². The summed E-state index contributed by atoms with van der Waals surface area (Å²) in [4.78, 5) is 5.82. The van der Waals surface area contributed by atoms with Gasteiger partial charge in [-0.15, -0.1) is 11.3 Å². The maximum absolute atomic E-state index is 9.05. The summed E-state index contributed by atoms with van der Waals surface area (Å²) >= 11 is 1.69. The van der Waals surface area contributed by atoms with Gasteiger partial charge in [0.05, 0.1) is 5.69 Å². The summed E-state index contributed by atoms with van der Waals surface area (Å²) in [5.74, 6) is 0. The first kappa shape index (κ1) is 14.0. The fraction of sp³-hybridized carbons (Fsp3) is 0.167. The minimum atomic E-state index is 0.150. The van der Waals surface area contributed by atoms with E-state index in [2.05, 4.69) is 60.4 Å². The van der Waals surface area contributed by atoms with Crippen molar-refractivity contribution in [3.8, 4) is 21.7 Å². The van der Waals surface area contributed by atoms with Gasteiger partial charge >= 0.3 is 0 Å². The van der Waals surface area contributed by atoms with Crippen LogP contribution in [0.15, 0.2) is 54.6 Å². The van der Waals surface area contributed by atoms with Gasteiger partial charge in [-0.1, -0.05) is 54.6 Å². The lowest BCUT2D eigenvalue weighted by Crippen LogP contribution is -1.92. The summed E-state index contributed by atoms with van der Waals surface area (Å²) in [6.07, 6.45) is 0.629. The summed E-state index contributed by atoms with van der Waals surface area (Å²) < 4.78 is 0. The smallest absolute Gasteiger partial charge is 0.123 e. The molecule has 1 N–H and O–H groups in total. The van der Waals surface area contributed by atoms with Crippen LogP contribution in [0.1, 0.15) is 10.6 Å². The standard InChI is InChI=1S/C18H17NOS/c1-13-17(11-12-20)19-18(21-13)16-9-7-15(8-10-16)14-5-3-2-4-6-14/h2-10,20H,11-12H2,1H3. The molecule has 0 aliphatic heterocycles. The number of thiazole rings is 1. The Morgan fingerprint density at radius 3 is 2.19 bits per heavy atom. The van der Waals surface area contributed by atoms with Gasteiger partial charge in [0, 0.05) is 23.5 Å². The molecule has 3 aromatic rings. The number of benzene rings is 2. The van der Waals surface area contributed by atoms with E-state index in [-0.39, 0.29) is 6.61 Å². The lowest BCUT2D eigenvalue weighted by atomic mass is 10.0. The second kappa shape index (κ2) is 6.20. The van der Waals surface area contributed by atoms with E-state index >= 15 is 0 Å². The average Bonchev–Trinajstić information content (AvgIpc) is 2.90. The molecule has 0 unspecified atom stereocenters. The van der Waals surface area contributed by atoms with Gasteiger partial charge in [0.25, 0.3) is 0 Å². The fourth-order valence-corrected chi connectivity index (χ4v) is 3.29. The molecule has 0 fully saturated rings. The van der Waals surface area contributed by atoms with E-state index < -0.39 is 0 Å². The zero-order chi connectivity index (χ0) is 14.7. The van der Waals surface area contributed by atoms with Crippen molar-refractivity contribution >= 4 is 11.3 Å². The van der Waals surface area contributed by atoms with Crippen LogP contribution < -0.4 is 0 Å². The second-order valence-corrected chi connectivity index (χ2v) is 6.14. The monoisotopic (exact) mass is 295 g/mol. The predicted molar refractivity (Wildman–Crippen MR) is 88.5 cm³/mol. The highest BCUT2D eigenvalue weighted by molar-refractivity contribution is 7.15. The van der Waals surface area contributed by atoms with Crippen LogP contribution in [0.4, 0.5) is 0 Å². The molecule has 2 aromatic carbocycles. The molecule has 0 aliphatic carbocycles. The zero-order valence-corrected chi connectivity index (χ0v) is 12.7. The number of aliphatic hydroxyl groups excluding tert-OH is 1. The topological polar surface area (TPSA) is 33.1 Å². The lowest BCUT2D eigenvalue weighted by molar-refractivity contribution is 0.298. The van der Waals surface area contributed by atoms with Crippen LogP contribution >= 0.6 is 11.3 Å². The van der Waals surface area contributed by atoms with Crippen molar-refractivity contribution in [1.29, 1.82) is 0 Å². The fourth-order valence-electron chi connectivity index (χ4n) is 2.33. The molecule has 1 aromatic heterocycles. The summed E-state index contributed by atoms with van der Waals surface area (Å²) in [5.41, 5.74) is 4.57. The van der Waals surface area contributed by atoms with Crippen molar-refractivity contribution in [2.75, 3.05) is 6.61 Å². The van der Waals surface area contributed by atoms with E-state index in [4.69, 9.17) is 5.11 Å². The summed E-state index contributed by atoms with van der Waals surface area (Å²) in [6, 6.07) is 18.8. The minimum absolute atomic E-state index is 0.150. The maximum Gasteiger partial charge on any atom is 0.123 e. The Kier molecular flexibility index (Phi) is 4.13. The highest BCUT2D eigenvalue weighted by Gasteiger charge is 2.09. The van der Waals surface area contributed by atoms with Gasteiger partial charge in [-0.05, 0) is 18.1 Å². The first-order valence-corrected chi connectivity index (χ1v) is 7.82. The Hall–Kier alpha value is -1.97. The molecule has 0 bridgehead atoms. The number of aromatic nitrogens is 1. The molecule has 0 saturated heterocycles. The molecule has 0 saturated carbocycles. The van der Waals surface area contributed by atoms with Gasteiger partial charge in [-0.25, -0.2) is 4.98 Å². The van der Waals surface area contributed by atoms with Gasteiger partial charge in [0.2, 0.25) is 0 Å². The average molecular weight is 295 g/mol. The van der Waals surface area contributed by atoms with Crippen molar-refractivity contribution in [3.63, 3.8) is 0 Å². The third-order valence-corrected chi connectivity index (χ3v) is 4.54. The van der Waals surface area contributed by atoms with Crippen LogP contribution in [0.2, 0.25) is 0 Å². The quantitative estimate of drug-likeness (QED) is 0.777. The first-order chi connectivity index (χ1) is 10.3. The van der Waals surface area contributed by atoms with Crippen molar-refractivity contribution in [3.05, 3.63) is 65.2 Å². The van der Waals surface area contributed by atoms with Gasteiger partial charge in [-0.2, -0.15) is 0 Å². The molecule has 2 nitrogen and oxygen atoms in total. The maximum atomic E-state index is 9.05. The Balaban J connectivity index is 1.89. The molecule has 0 amide bonds. The first-order valence-electron chi connectivity index (χ1n) is 7.01. The van der Waals surface area contributed by atoms with Gasteiger partial charge < -0.3 is 5.11 Å². The number of rotatable bonds is 4. The molecule has 0 aliphatic rings. The SMILES string of the molecule is Cc1sc(-c2ccc(-c3ccccc3)cc2)nc1CCO. The van der Waals surface area contributed by atoms with Crippen molar-refractivity contribution in [2.45, 2.75) is 13.3 Å². The Bertz CT molecular complexity index is 717. The molecule has 1 heterocycles. The molecule has 0 radical (unpaired) electrons. The molecule has 3 rings (SSSR count). The largest absolute Gasteiger partial charge is 0.396 e. The third kappa shape index (κ3) is 3.04. The summed E-state index contributed by atoms with van der Waals surface area (Å²) in [5, 5.41) is 10.1. The normalized spacial score (nSPS) is 10.8. The molecule has 3 heteroatoms. The number of hydrogen-bond donors (Lipinski definition) is 1. The van der Waals surface area contributed by atoms with E-state index in [1.165, 1.54) is 16.0 Å². The molecule has 0 spiro atoms. The van der Waals surface area contributed by atoms with Crippen LogP contribution in [-0.2, 0) is 6.42 Å². The molecular weight excluding hydrogens is 278 g/mol.